The number of benzene rings is 3. The summed E-state index contributed by atoms with van der Waals surface area (Å²) in [4.78, 5) is 17.4. The van der Waals surface area contributed by atoms with Crippen LogP contribution in [0.3, 0.4) is 0 Å². The van der Waals surface area contributed by atoms with E-state index in [-0.39, 0.29) is 17.2 Å². The highest BCUT2D eigenvalue weighted by Crippen LogP contribution is 2.53. The number of halogens is 1. The first-order valence-electron chi connectivity index (χ1n) is 12.6. The van der Waals surface area contributed by atoms with Gasteiger partial charge in [0.1, 0.15) is 0 Å². The highest BCUT2D eigenvalue weighted by atomic mass is 35.5. The average molecular weight is 556 g/mol. The van der Waals surface area contributed by atoms with E-state index in [0.717, 1.165) is 11.1 Å². The van der Waals surface area contributed by atoms with Crippen molar-refractivity contribution in [2.75, 3.05) is 0 Å². The quantitative estimate of drug-likeness (QED) is 0.214. The lowest BCUT2D eigenvalue weighted by atomic mass is 9.98. The van der Waals surface area contributed by atoms with Gasteiger partial charge in [0.05, 0.1) is 34.3 Å². The number of nitrogens with zero attached hydrogens (tertiary/aromatic N) is 3. The molecule has 1 aliphatic carbocycles. The largest absolute Gasteiger partial charge is 0.294 e. The Hall–Kier alpha value is -3.83. The molecule has 4 aromatic rings. The number of carbonyl (C=O) groups is 1. The molecule has 1 saturated carbocycles. The molecule has 0 bridgehead atoms. The van der Waals surface area contributed by atoms with Crippen LogP contribution in [0.5, 0.6) is 0 Å². The first kappa shape index (κ1) is 26.8. The molecule has 0 atom stereocenters. The van der Waals surface area contributed by atoms with Gasteiger partial charge in [-0.1, -0.05) is 54.1 Å². The van der Waals surface area contributed by atoms with Gasteiger partial charge in [-0.2, -0.15) is 9.57 Å². The third-order valence-electron chi connectivity index (χ3n) is 7.08. The Labute approximate surface area is 233 Å². The highest BCUT2D eigenvalue weighted by molar-refractivity contribution is 7.89. The zero-order chi connectivity index (χ0) is 27.5. The number of ketones is 1. The van der Waals surface area contributed by atoms with Crippen LogP contribution in [0.15, 0.2) is 102 Å². The molecule has 0 radical (unpaired) electrons. The number of hydrogen-bond acceptors (Lipinski definition) is 5. The van der Waals surface area contributed by atoms with Crippen LogP contribution in [0.4, 0.5) is 0 Å². The van der Waals surface area contributed by atoms with Gasteiger partial charge in [-0.3, -0.25) is 9.78 Å². The van der Waals surface area contributed by atoms with Gasteiger partial charge in [0.25, 0.3) is 0 Å². The Bertz CT molecular complexity index is 1630. The van der Waals surface area contributed by atoms with Crippen molar-refractivity contribution in [3.63, 3.8) is 0 Å². The van der Waals surface area contributed by atoms with Gasteiger partial charge < -0.3 is 0 Å². The number of carbonyl (C=O) groups excluding carboxylic acids is 1. The van der Waals surface area contributed by atoms with E-state index >= 15 is 0 Å². The number of sulfonamides is 1. The molecule has 0 saturated heterocycles. The zero-order valence-corrected chi connectivity index (χ0v) is 22.7. The average Bonchev–Trinajstić information content (AvgIpc) is 3.77. The van der Waals surface area contributed by atoms with Crippen molar-refractivity contribution >= 4 is 27.4 Å². The number of hydrogen-bond donors (Lipinski definition) is 0. The molecule has 39 heavy (non-hydrogen) atoms. The topological polar surface area (TPSA) is 91.1 Å². The lowest BCUT2D eigenvalue weighted by Gasteiger charge is -2.31. The number of rotatable bonds is 10. The first-order chi connectivity index (χ1) is 18.8. The smallest absolute Gasteiger partial charge is 0.244 e. The Morgan fingerprint density at radius 3 is 2.33 bits per heavy atom. The maximum absolute atomic E-state index is 14.0. The van der Waals surface area contributed by atoms with Gasteiger partial charge in [-0.15, -0.1) is 0 Å². The molecular weight excluding hydrogens is 530 g/mol. The van der Waals surface area contributed by atoms with Crippen LogP contribution in [-0.4, -0.2) is 23.5 Å². The summed E-state index contributed by atoms with van der Waals surface area (Å²) < 4.78 is 29.4. The Morgan fingerprint density at radius 1 is 0.974 bits per heavy atom. The van der Waals surface area contributed by atoms with E-state index in [1.54, 1.807) is 36.5 Å². The van der Waals surface area contributed by atoms with Crippen LogP contribution in [0.1, 0.15) is 52.0 Å². The monoisotopic (exact) mass is 555 g/mol. The second-order valence-electron chi connectivity index (χ2n) is 9.63. The van der Waals surface area contributed by atoms with E-state index in [2.05, 4.69) is 4.98 Å². The SMILES string of the molecule is N#Cc1ccc(S(=O)(=O)N(Cc2ccccn2)C2(c3ccc(C(=O)CCc4cccc(Cl)c4)cc3)CC2)cc1. The summed E-state index contributed by atoms with van der Waals surface area (Å²) in [5, 5.41) is 9.78. The Morgan fingerprint density at radius 2 is 1.72 bits per heavy atom. The Kier molecular flexibility index (Phi) is 7.62. The summed E-state index contributed by atoms with van der Waals surface area (Å²) in [5.74, 6) is 0.0157. The molecule has 0 aliphatic heterocycles. The second kappa shape index (κ2) is 11.1. The third kappa shape index (κ3) is 5.79. The van der Waals surface area contributed by atoms with E-state index < -0.39 is 15.6 Å². The van der Waals surface area contributed by atoms with Crippen molar-refractivity contribution in [1.29, 1.82) is 5.26 Å². The summed E-state index contributed by atoms with van der Waals surface area (Å²) in [6.45, 7) is 0.101. The molecule has 0 unspecified atom stereocenters. The van der Waals surface area contributed by atoms with E-state index in [0.29, 0.717) is 47.5 Å². The van der Waals surface area contributed by atoms with Crippen molar-refractivity contribution in [3.05, 3.63) is 130 Å². The molecule has 1 aliphatic rings. The van der Waals surface area contributed by atoms with Crippen LogP contribution in [0.2, 0.25) is 5.02 Å². The van der Waals surface area contributed by atoms with Crippen LogP contribution >= 0.6 is 11.6 Å². The van der Waals surface area contributed by atoms with Gasteiger partial charge >= 0.3 is 0 Å². The number of aryl methyl sites for hydroxylation is 1. The number of nitriles is 1. The highest BCUT2D eigenvalue weighted by Gasteiger charge is 2.54. The van der Waals surface area contributed by atoms with Crippen LogP contribution in [-0.2, 0) is 28.5 Å². The van der Waals surface area contributed by atoms with Gasteiger partial charge in [0.2, 0.25) is 10.0 Å². The van der Waals surface area contributed by atoms with Crippen LogP contribution in [0, 0.1) is 11.3 Å². The number of pyridine rings is 1. The predicted molar refractivity (Wildman–Crippen MR) is 150 cm³/mol. The minimum atomic E-state index is -3.93. The molecule has 8 heteroatoms. The first-order valence-corrected chi connectivity index (χ1v) is 14.4. The predicted octanol–water partition coefficient (Wildman–Crippen LogP) is 6.30. The van der Waals surface area contributed by atoms with Crippen LogP contribution < -0.4 is 0 Å². The summed E-state index contributed by atoms with van der Waals surface area (Å²) in [7, 11) is -3.93. The number of aromatic nitrogens is 1. The third-order valence-corrected chi connectivity index (χ3v) is 9.24. The normalized spacial score (nSPS) is 14.1. The summed E-state index contributed by atoms with van der Waals surface area (Å²) in [6, 6.07) is 28.2. The molecule has 0 spiro atoms. The van der Waals surface area contributed by atoms with Crippen molar-refractivity contribution in [3.8, 4) is 6.07 Å². The lowest BCUT2D eigenvalue weighted by molar-refractivity contribution is 0.0982. The van der Waals surface area contributed by atoms with Gasteiger partial charge in [0.15, 0.2) is 5.78 Å². The molecule has 1 aromatic heterocycles. The van der Waals surface area contributed by atoms with E-state index in [9.17, 15) is 13.2 Å². The fraction of sp³-hybridized carbons (Fsp3) is 0.194. The van der Waals surface area contributed by atoms with Crippen molar-refractivity contribution in [1.82, 2.24) is 9.29 Å². The van der Waals surface area contributed by atoms with Gasteiger partial charge in [-0.25, -0.2) is 8.42 Å². The molecule has 1 fully saturated rings. The molecular formula is C31H26ClN3O3S. The fourth-order valence-electron chi connectivity index (χ4n) is 4.80. The molecule has 5 rings (SSSR count). The molecule has 6 nitrogen and oxygen atoms in total. The van der Waals surface area contributed by atoms with E-state index in [1.807, 2.05) is 42.5 Å². The van der Waals surface area contributed by atoms with Crippen LogP contribution in [0.25, 0.3) is 0 Å². The van der Waals surface area contributed by atoms with Crippen molar-refractivity contribution < 1.29 is 13.2 Å². The Balaban J connectivity index is 1.42. The van der Waals surface area contributed by atoms with E-state index in [1.165, 1.54) is 28.6 Å². The van der Waals surface area contributed by atoms with Gasteiger partial charge in [-0.05, 0) is 78.9 Å². The summed E-state index contributed by atoms with van der Waals surface area (Å²) in [5.41, 5.74) is 2.70. The summed E-state index contributed by atoms with van der Waals surface area (Å²) >= 11 is 6.06. The van der Waals surface area contributed by atoms with Gasteiger partial charge in [0, 0.05) is 23.2 Å². The minimum absolute atomic E-state index is 0.0157. The molecule has 1 heterocycles. The maximum atomic E-state index is 14.0. The van der Waals surface area contributed by atoms with E-state index in [4.69, 9.17) is 16.9 Å². The minimum Gasteiger partial charge on any atom is -0.294 e. The maximum Gasteiger partial charge on any atom is 0.244 e. The molecule has 196 valence electrons. The molecule has 0 N–H and O–H groups in total. The summed E-state index contributed by atoms with van der Waals surface area (Å²) in [6.07, 6.45) is 3.88. The molecule has 0 amide bonds. The number of Topliss-reactive ketones (excluding diaryl/α,β-unsaturated/α-hetero) is 1. The second-order valence-corrected chi connectivity index (χ2v) is 11.9. The molecule has 3 aromatic carbocycles. The zero-order valence-electron chi connectivity index (χ0n) is 21.1. The lowest BCUT2D eigenvalue weighted by Crippen LogP contribution is -2.40. The van der Waals surface area contributed by atoms with Crippen molar-refractivity contribution in [2.24, 2.45) is 0 Å². The van der Waals surface area contributed by atoms with Crippen molar-refractivity contribution in [2.45, 2.75) is 42.7 Å². The standard InChI is InChI=1S/C31H26ClN3O3S/c32-27-5-3-4-23(20-27)9-16-30(36)25-10-12-26(13-11-25)31(17-18-31)35(22-28-6-1-2-19-34-28)39(37,38)29-14-7-24(21-33)8-15-29/h1-8,10-15,19-20H,9,16-18,22H2. The fourth-order valence-corrected chi connectivity index (χ4v) is 6.79.